The van der Waals surface area contributed by atoms with Crippen LogP contribution in [-0.4, -0.2) is 17.6 Å². The monoisotopic (exact) mass is 479 g/mol. The van der Waals surface area contributed by atoms with Crippen molar-refractivity contribution in [3.05, 3.63) is 87.9 Å². The predicted octanol–water partition coefficient (Wildman–Crippen LogP) is 5.61. The van der Waals surface area contributed by atoms with Gasteiger partial charge in [-0.05, 0) is 61.0 Å². The molecule has 0 saturated heterocycles. The molecule has 2 N–H and O–H groups in total. The van der Waals surface area contributed by atoms with Crippen molar-refractivity contribution in [3.63, 3.8) is 0 Å². The molecule has 0 aliphatic heterocycles. The van der Waals surface area contributed by atoms with Gasteiger partial charge in [-0.2, -0.15) is 5.26 Å². The summed E-state index contributed by atoms with van der Waals surface area (Å²) in [5.41, 5.74) is 3.23. The molecule has 0 fully saturated rings. The fraction of sp³-hybridized carbons (Fsp3) is 0.0870. The number of nitrogens with one attached hydrogen (secondary N) is 2. The first-order valence-electron chi connectivity index (χ1n) is 9.05. The number of rotatable bonds is 6. The third kappa shape index (κ3) is 5.72. The van der Waals surface area contributed by atoms with Crippen LogP contribution in [0.1, 0.15) is 21.5 Å². The maximum absolute atomic E-state index is 12.8. The molecule has 150 valence electrons. The molecular weight excluding hydrogens is 462 g/mol. The normalized spacial score (nSPS) is 10.2. The number of hydrogen-bond acceptors (Lipinski definition) is 4. The summed E-state index contributed by atoms with van der Waals surface area (Å²) in [6.07, 6.45) is 0. The maximum Gasteiger partial charge on any atom is 0.256 e. The van der Waals surface area contributed by atoms with Crippen molar-refractivity contribution in [2.24, 2.45) is 0 Å². The van der Waals surface area contributed by atoms with E-state index >= 15 is 0 Å². The molecule has 0 bridgehead atoms. The lowest BCUT2D eigenvalue weighted by Gasteiger charge is -2.12. The summed E-state index contributed by atoms with van der Waals surface area (Å²) >= 11 is 4.70. The lowest BCUT2D eigenvalue weighted by Crippen LogP contribution is -2.16. The number of benzene rings is 3. The van der Waals surface area contributed by atoms with Crippen LogP contribution in [0.2, 0.25) is 0 Å². The van der Waals surface area contributed by atoms with E-state index in [4.69, 9.17) is 5.26 Å². The average molecular weight is 480 g/mol. The summed E-state index contributed by atoms with van der Waals surface area (Å²) in [5.74, 6) is -0.307. The molecule has 2 amide bonds. The van der Waals surface area contributed by atoms with Gasteiger partial charge in [0.2, 0.25) is 5.91 Å². The molecule has 0 atom stereocenters. The van der Waals surface area contributed by atoms with Crippen LogP contribution < -0.4 is 10.6 Å². The van der Waals surface area contributed by atoms with E-state index in [1.54, 1.807) is 36.4 Å². The lowest BCUT2D eigenvalue weighted by atomic mass is 10.1. The third-order valence-corrected chi connectivity index (χ3v) is 5.77. The van der Waals surface area contributed by atoms with Crippen LogP contribution in [0.4, 0.5) is 11.4 Å². The predicted molar refractivity (Wildman–Crippen MR) is 124 cm³/mol. The second-order valence-corrected chi connectivity index (χ2v) is 8.37. The average Bonchev–Trinajstić information content (AvgIpc) is 2.74. The lowest BCUT2D eigenvalue weighted by molar-refractivity contribution is -0.113. The van der Waals surface area contributed by atoms with Gasteiger partial charge in [0.1, 0.15) is 0 Å². The van der Waals surface area contributed by atoms with Crippen LogP contribution >= 0.6 is 27.7 Å². The third-order valence-electron chi connectivity index (χ3n) is 4.20. The molecule has 0 spiro atoms. The number of anilines is 2. The van der Waals surface area contributed by atoms with Crippen LogP contribution in [0.3, 0.4) is 0 Å². The van der Waals surface area contributed by atoms with Gasteiger partial charge >= 0.3 is 0 Å². The Morgan fingerprint density at radius 2 is 1.83 bits per heavy atom. The molecule has 0 radical (unpaired) electrons. The van der Waals surface area contributed by atoms with Crippen molar-refractivity contribution < 1.29 is 9.59 Å². The van der Waals surface area contributed by atoms with Gasteiger partial charge in [0.25, 0.3) is 5.91 Å². The Bertz CT molecular complexity index is 1140. The number of thioether (sulfide) groups is 1. The molecule has 0 heterocycles. The highest BCUT2D eigenvalue weighted by atomic mass is 79.9. The topological polar surface area (TPSA) is 82.0 Å². The SMILES string of the molecule is Cc1cc(Br)ccc1NC(=O)c1ccccc1SCC(=O)Nc1cccc(C#N)c1. The van der Waals surface area contributed by atoms with Gasteiger partial charge in [-0.15, -0.1) is 11.8 Å². The molecule has 5 nitrogen and oxygen atoms in total. The summed E-state index contributed by atoms with van der Waals surface area (Å²) in [5, 5.41) is 14.7. The molecule has 0 aliphatic rings. The molecule has 3 aromatic carbocycles. The Morgan fingerprint density at radius 1 is 1.03 bits per heavy atom. The van der Waals surface area contributed by atoms with Crippen molar-refractivity contribution in [2.45, 2.75) is 11.8 Å². The number of carbonyl (C=O) groups is 2. The van der Waals surface area contributed by atoms with Crippen LogP contribution in [0.15, 0.2) is 76.1 Å². The quantitative estimate of drug-likeness (QED) is 0.450. The van der Waals surface area contributed by atoms with Crippen LogP contribution in [0.5, 0.6) is 0 Å². The minimum atomic E-state index is -0.231. The Hall–Kier alpha value is -3.08. The van der Waals surface area contributed by atoms with Crippen molar-refractivity contribution >= 4 is 50.9 Å². The summed E-state index contributed by atoms with van der Waals surface area (Å²) in [4.78, 5) is 25.8. The van der Waals surface area contributed by atoms with Gasteiger partial charge in [-0.25, -0.2) is 0 Å². The highest BCUT2D eigenvalue weighted by Gasteiger charge is 2.14. The number of hydrogen-bond donors (Lipinski definition) is 2. The molecule has 7 heteroatoms. The van der Waals surface area contributed by atoms with E-state index < -0.39 is 0 Å². The zero-order chi connectivity index (χ0) is 21.5. The minimum Gasteiger partial charge on any atom is -0.325 e. The van der Waals surface area contributed by atoms with E-state index in [1.807, 2.05) is 43.3 Å². The maximum atomic E-state index is 12.8. The standard InChI is InChI=1S/C23H18BrN3O2S/c1-15-11-17(24)9-10-20(15)27-23(29)19-7-2-3-8-21(19)30-14-22(28)26-18-6-4-5-16(12-18)13-25/h2-12H,14H2,1H3,(H,26,28)(H,27,29). The second kappa shape index (κ2) is 10.1. The Morgan fingerprint density at radius 3 is 2.60 bits per heavy atom. The largest absolute Gasteiger partial charge is 0.325 e. The number of aryl methyl sites for hydroxylation is 1. The van der Waals surface area contributed by atoms with E-state index in [-0.39, 0.29) is 17.6 Å². The van der Waals surface area contributed by atoms with E-state index in [2.05, 4.69) is 26.6 Å². The number of nitriles is 1. The summed E-state index contributed by atoms with van der Waals surface area (Å²) in [7, 11) is 0. The van der Waals surface area contributed by atoms with E-state index in [0.717, 1.165) is 15.7 Å². The van der Waals surface area contributed by atoms with Crippen molar-refractivity contribution in [2.75, 3.05) is 16.4 Å². The molecular formula is C23H18BrN3O2S. The fourth-order valence-electron chi connectivity index (χ4n) is 2.74. The molecule has 0 aromatic heterocycles. The Balaban J connectivity index is 1.66. The van der Waals surface area contributed by atoms with Crippen molar-refractivity contribution in [3.8, 4) is 6.07 Å². The smallest absolute Gasteiger partial charge is 0.256 e. The molecule has 3 rings (SSSR count). The first-order valence-corrected chi connectivity index (χ1v) is 10.8. The first-order chi connectivity index (χ1) is 14.5. The zero-order valence-corrected chi connectivity index (χ0v) is 18.5. The molecule has 3 aromatic rings. The minimum absolute atomic E-state index is 0.137. The van der Waals surface area contributed by atoms with E-state index in [0.29, 0.717) is 21.7 Å². The Kier molecular flexibility index (Phi) is 7.28. The van der Waals surface area contributed by atoms with Gasteiger partial charge in [-0.1, -0.05) is 34.1 Å². The summed E-state index contributed by atoms with van der Waals surface area (Å²) in [6, 6.07) is 21.6. The van der Waals surface area contributed by atoms with E-state index in [1.165, 1.54) is 11.8 Å². The number of amides is 2. The van der Waals surface area contributed by atoms with Gasteiger partial charge in [0, 0.05) is 20.7 Å². The summed E-state index contributed by atoms with van der Waals surface area (Å²) < 4.78 is 0.945. The highest BCUT2D eigenvalue weighted by molar-refractivity contribution is 9.10. The fourth-order valence-corrected chi connectivity index (χ4v) is 4.07. The van der Waals surface area contributed by atoms with Gasteiger partial charge in [-0.3, -0.25) is 9.59 Å². The van der Waals surface area contributed by atoms with Gasteiger partial charge in [0.05, 0.1) is 22.9 Å². The highest BCUT2D eigenvalue weighted by Crippen LogP contribution is 2.25. The second-order valence-electron chi connectivity index (χ2n) is 6.44. The number of carbonyl (C=O) groups excluding carboxylic acids is 2. The van der Waals surface area contributed by atoms with Gasteiger partial charge < -0.3 is 10.6 Å². The van der Waals surface area contributed by atoms with Crippen molar-refractivity contribution in [1.82, 2.24) is 0 Å². The Labute approximate surface area is 187 Å². The van der Waals surface area contributed by atoms with Crippen LogP contribution in [0, 0.1) is 18.3 Å². The van der Waals surface area contributed by atoms with Crippen molar-refractivity contribution in [1.29, 1.82) is 5.26 Å². The van der Waals surface area contributed by atoms with Gasteiger partial charge in [0.15, 0.2) is 0 Å². The van der Waals surface area contributed by atoms with Crippen LogP contribution in [-0.2, 0) is 4.79 Å². The number of halogens is 1. The number of nitrogens with zero attached hydrogens (tertiary/aromatic N) is 1. The first kappa shape index (κ1) is 21.6. The molecule has 0 unspecified atom stereocenters. The molecule has 0 aliphatic carbocycles. The summed E-state index contributed by atoms with van der Waals surface area (Å²) in [6.45, 7) is 1.92. The van der Waals surface area contributed by atoms with E-state index in [9.17, 15) is 9.59 Å². The van der Waals surface area contributed by atoms with Crippen LogP contribution in [0.25, 0.3) is 0 Å². The molecule has 0 saturated carbocycles. The zero-order valence-electron chi connectivity index (χ0n) is 16.1. The molecule has 30 heavy (non-hydrogen) atoms.